The van der Waals surface area contributed by atoms with Gasteiger partial charge in [0.05, 0.1) is 0 Å². The number of para-hydroxylation sites is 1. The first-order valence-electron chi connectivity index (χ1n) is 8.53. The predicted octanol–water partition coefficient (Wildman–Crippen LogP) is 5.51. The number of hydrogen-bond acceptors (Lipinski definition) is 3. The van der Waals surface area contributed by atoms with Crippen LogP contribution in [0.1, 0.15) is 24.5 Å². The fourth-order valence-electron chi connectivity index (χ4n) is 2.37. The van der Waals surface area contributed by atoms with Gasteiger partial charge in [-0.2, -0.15) is 11.8 Å². The topological polar surface area (TPSA) is 38.3 Å². The highest BCUT2D eigenvalue weighted by atomic mass is 35.5. The van der Waals surface area contributed by atoms with Gasteiger partial charge in [-0.1, -0.05) is 54.4 Å². The van der Waals surface area contributed by atoms with Crippen LogP contribution < -0.4 is 10.1 Å². The van der Waals surface area contributed by atoms with E-state index in [1.807, 2.05) is 56.3 Å². The van der Waals surface area contributed by atoms with Crippen molar-refractivity contribution >= 4 is 40.9 Å². The average Bonchev–Trinajstić information content (AvgIpc) is 2.62. The van der Waals surface area contributed by atoms with Crippen molar-refractivity contribution in [1.29, 1.82) is 0 Å². The number of halogens is 2. The summed E-state index contributed by atoms with van der Waals surface area (Å²) in [6.45, 7) is 4.48. The number of aryl methyl sites for hydroxylation is 1. The van der Waals surface area contributed by atoms with Crippen LogP contribution in [-0.2, 0) is 10.5 Å². The summed E-state index contributed by atoms with van der Waals surface area (Å²) >= 11 is 14.0. The maximum atomic E-state index is 12.3. The van der Waals surface area contributed by atoms with Gasteiger partial charge in [-0.15, -0.1) is 0 Å². The lowest BCUT2D eigenvalue weighted by Gasteiger charge is -2.18. The normalized spacial score (nSPS) is 11.8. The molecule has 0 aliphatic rings. The molecule has 3 nitrogen and oxygen atoms in total. The molecule has 0 bridgehead atoms. The third kappa shape index (κ3) is 6.11. The molecule has 0 aliphatic heterocycles. The molecule has 1 atom stereocenters. The van der Waals surface area contributed by atoms with Gasteiger partial charge in [-0.25, -0.2) is 0 Å². The third-order valence-electron chi connectivity index (χ3n) is 3.88. The van der Waals surface area contributed by atoms with Crippen LogP contribution in [0.4, 0.5) is 0 Å². The van der Waals surface area contributed by atoms with Crippen molar-refractivity contribution in [3.63, 3.8) is 0 Å². The number of hydrogen-bond donors (Lipinski definition) is 1. The molecule has 0 saturated heterocycles. The summed E-state index contributed by atoms with van der Waals surface area (Å²) in [6.07, 6.45) is 0.127. The maximum Gasteiger partial charge on any atom is 0.261 e. The summed E-state index contributed by atoms with van der Waals surface area (Å²) in [6, 6.07) is 13.2. The van der Waals surface area contributed by atoms with Gasteiger partial charge in [0.1, 0.15) is 5.75 Å². The molecule has 0 heterocycles. The number of thioether (sulfide) groups is 1. The van der Waals surface area contributed by atoms with Crippen molar-refractivity contribution < 1.29 is 9.53 Å². The molecule has 2 aromatic carbocycles. The van der Waals surface area contributed by atoms with Crippen molar-refractivity contribution in [2.24, 2.45) is 0 Å². The second-order valence-corrected chi connectivity index (χ2v) is 7.74. The van der Waals surface area contributed by atoms with Gasteiger partial charge in [0.2, 0.25) is 0 Å². The molecule has 0 radical (unpaired) electrons. The number of nitrogens with one attached hydrogen (secondary N) is 1. The Bertz CT molecular complexity index is 719. The van der Waals surface area contributed by atoms with E-state index in [0.29, 0.717) is 28.8 Å². The molecule has 0 aromatic heterocycles. The van der Waals surface area contributed by atoms with Crippen LogP contribution in [0.3, 0.4) is 0 Å². The standard InChI is InChI=1S/C20H23Cl2NO2S/c1-3-18(25-19-10-5-4-7-14(19)2)20(24)23-11-12-26-13-15-16(21)8-6-9-17(15)22/h4-10,18H,3,11-13H2,1-2H3,(H,23,24)/t18-/m0/s1. The molecule has 1 amide bonds. The molecule has 6 heteroatoms. The maximum absolute atomic E-state index is 12.3. The molecule has 0 saturated carbocycles. The van der Waals surface area contributed by atoms with Crippen LogP contribution in [0.2, 0.25) is 10.0 Å². The van der Waals surface area contributed by atoms with E-state index in [-0.39, 0.29) is 5.91 Å². The molecule has 2 rings (SSSR count). The zero-order valence-corrected chi connectivity index (χ0v) is 17.3. The minimum absolute atomic E-state index is 0.0906. The third-order valence-corrected chi connectivity index (χ3v) is 5.57. The minimum atomic E-state index is -0.487. The summed E-state index contributed by atoms with van der Waals surface area (Å²) in [7, 11) is 0. The number of carbonyl (C=O) groups is 1. The van der Waals surface area contributed by atoms with Gasteiger partial charge < -0.3 is 10.1 Å². The van der Waals surface area contributed by atoms with E-state index in [9.17, 15) is 4.79 Å². The Hall–Kier alpha value is -1.36. The van der Waals surface area contributed by atoms with Gasteiger partial charge in [0.15, 0.2) is 6.10 Å². The summed E-state index contributed by atoms with van der Waals surface area (Å²) in [5.41, 5.74) is 1.95. The largest absolute Gasteiger partial charge is 0.480 e. The zero-order valence-electron chi connectivity index (χ0n) is 14.9. The van der Waals surface area contributed by atoms with Crippen LogP contribution in [0.5, 0.6) is 5.75 Å². The Morgan fingerprint density at radius 3 is 2.50 bits per heavy atom. The highest BCUT2D eigenvalue weighted by molar-refractivity contribution is 7.98. The Balaban J connectivity index is 1.76. The molecular weight excluding hydrogens is 389 g/mol. The van der Waals surface area contributed by atoms with E-state index in [4.69, 9.17) is 27.9 Å². The highest BCUT2D eigenvalue weighted by Gasteiger charge is 2.18. The Morgan fingerprint density at radius 1 is 1.15 bits per heavy atom. The number of benzene rings is 2. The molecule has 0 spiro atoms. The monoisotopic (exact) mass is 411 g/mol. The zero-order chi connectivity index (χ0) is 18.9. The molecule has 0 fully saturated rings. The Labute approximate surface area is 169 Å². The summed E-state index contributed by atoms with van der Waals surface area (Å²) in [4.78, 5) is 12.3. The lowest BCUT2D eigenvalue weighted by molar-refractivity contribution is -0.128. The van der Waals surface area contributed by atoms with Gasteiger partial charge in [0.25, 0.3) is 5.91 Å². The number of amides is 1. The van der Waals surface area contributed by atoms with E-state index in [0.717, 1.165) is 22.6 Å². The Morgan fingerprint density at radius 2 is 1.85 bits per heavy atom. The summed E-state index contributed by atoms with van der Waals surface area (Å²) in [5.74, 6) is 2.14. The fourth-order valence-corrected chi connectivity index (χ4v) is 3.96. The molecule has 1 N–H and O–H groups in total. The molecule has 0 unspecified atom stereocenters. The lowest BCUT2D eigenvalue weighted by atomic mass is 10.2. The van der Waals surface area contributed by atoms with Crippen molar-refractivity contribution in [3.8, 4) is 5.75 Å². The molecular formula is C20H23Cl2NO2S. The van der Waals surface area contributed by atoms with Crippen LogP contribution in [0.15, 0.2) is 42.5 Å². The number of rotatable bonds is 9. The molecule has 0 aliphatic carbocycles. The minimum Gasteiger partial charge on any atom is -0.480 e. The van der Waals surface area contributed by atoms with E-state index >= 15 is 0 Å². The Kier molecular flexibility index (Phi) is 8.63. The van der Waals surface area contributed by atoms with Crippen LogP contribution in [0.25, 0.3) is 0 Å². The van der Waals surface area contributed by atoms with Gasteiger partial charge in [-0.05, 0) is 42.7 Å². The van der Waals surface area contributed by atoms with Crippen molar-refractivity contribution in [3.05, 3.63) is 63.6 Å². The number of ether oxygens (including phenoxy) is 1. The molecule has 2 aromatic rings. The second kappa shape index (κ2) is 10.7. The van der Waals surface area contributed by atoms with E-state index in [2.05, 4.69) is 5.32 Å². The predicted molar refractivity (Wildman–Crippen MR) is 112 cm³/mol. The molecule has 140 valence electrons. The summed E-state index contributed by atoms with van der Waals surface area (Å²) < 4.78 is 5.86. The van der Waals surface area contributed by atoms with Crippen molar-refractivity contribution in [2.75, 3.05) is 12.3 Å². The first-order chi connectivity index (χ1) is 12.5. The fraction of sp³-hybridized carbons (Fsp3) is 0.350. The van der Waals surface area contributed by atoms with Crippen molar-refractivity contribution in [1.82, 2.24) is 5.32 Å². The van der Waals surface area contributed by atoms with Crippen LogP contribution >= 0.6 is 35.0 Å². The second-order valence-electron chi connectivity index (χ2n) is 5.82. The van der Waals surface area contributed by atoms with Crippen LogP contribution in [-0.4, -0.2) is 24.3 Å². The van der Waals surface area contributed by atoms with E-state index in [1.165, 1.54) is 0 Å². The van der Waals surface area contributed by atoms with Crippen LogP contribution in [0, 0.1) is 6.92 Å². The quantitative estimate of drug-likeness (QED) is 0.552. The molecule has 26 heavy (non-hydrogen) atoms. The first-order valence-corrected chi connectivity index (χ1v) is 10.4. The van der Waals surface area contributed by atoms with Gasteiger partial charge >= 0.3 is 0 Å². The lowest BCUT2D eigenvalue weighted by Crippen LogP contribution is -2.39. The van der Waals surface area contributed by atoms with E-state index in [1.54, 1.807) is 11.8 Å². The first kappa shape index (κ1) is 20.9. The number of carbonyl (C=O) groups excluding carboxylic acids is 1. The highest BCUT2D eigenvalue weighted by Crippen LogP contribution is 2.28. The van der Waals surface area contributed by atoms with Gasteiger partial charge in [-0.3, -0.25) is 4.79 Å². The van der Waals surface area contributed by atoms with Crippen molar-refractivity contribution in [2.45, 2.75) is 32.1 Å². The average molecular weight is 412 g/mol. The van der Waals surface area contributed by atoms with E-state index < -0.39 is 6.10 Å². The summed E-state index contributed by atoms with van der Waals surface area (Å²) in [5, 5.41) is 4.28. The van der Waals surface area contributed by atoms with Gasteiger partial charge in [0, 0.05) is 28.1 Å². The SMILES string of the molecule is CC[C@H](Oc1ccccc1C)C(=O)NCCSCc1c(Cl)cccc1Cl. The smallest absolute Gasteiger partial charge is 0.261 e.